The Morgan fingerprint density at radius 1 is 1.29 bits per heavy atom. The zero-order chi connectivity index (χ0) is 15.2. The Hall–Kier alpha value is -2.06. The van der Waals surface area contributed by atoms with Crippen molar-refractivity contribution in [3.05, 3.63) is 40.9 Å². The number of thiazole rings is 1. The van der Waals surface area contributed by atoms with E-state index >= 15 is 0 Å². The minimum absolute atomic E-state index is 0.000544. The van der Waals surface area contributed by atoms with Gasteiger partial charge in [0.2, 0.25) is 5.03 Å². The second-order valence-corrected chi connectivity index (χ2v) is 7.20. The van der Waals surface area contributed by atoms with Gasteiger partial charge in [0.1, 0.15) is 0 Å². The average molecular weight is 322 g/mol. The number of para-hydroxylation sites is 1. The largest absolute Gasteiger partial charge is 0.381 e. The number of nitrogens with one attached hydrogen (secondary N) is 1. The molecule has 0 aliphatic carbocycles. The van der Waals surface area contributed by atoms with Crippen LogP contribution in [0.25, 0.3) is 4.96 Å². The van der Waals surface area contributed by atoms with E-state index in [-0.39, 0.29) is 10.8 Å². The molecule has 1 aromatic carbocycles. The number of aromatic nitrogens is 2. The Morgan fingerprint density at radius 2 is 1.95 bits per heavy atom. The first-order chi connectivity index (χ1) is 9.90. The highest BCUT2D eigenvalue weighted by Crippen LogP contribution is 2.27. The lowest BCUT2D eigenvalue weighted by Gasteiger charge is -2.12. The van der Waals surface area contributed by atoms with E-state index in [1.54, 1.807) is 11.6 Å². The number of nitrogens with two attached hydrogens (primary N) is 1. The predicted octanol–water partition coefficient (Wildman–Crippen LogP) is 2.40. The van der Waals surface area contributed by atoms with Crippen molar-refractivity contribution in [2.75, 3.05) is 10.5 Å². The van der Waals surface area contributed by atoms with Gasteiger partial charge in [0.05, 0.1) is 5.69 Å². The molecule has 0 amide bonds. The van der Waals surface area contributed by atoms with Crippen molar-refractivity contribution in [1.82, 2.24) is 9.38 Å². The first-order valence-corrected chi connectivity index (χ1v) is 8.56. The fourth-order valence-electron chi connectivity index (χ4n) is 2.21. The van der Waals surface area contributed by atoms with E-state index in [0.717, 1.165) is 11.1 Å². The molecule has 3 rings (SSSR count). The van der Waals surface area contributed by atoms with Crippen molar-refractivity contribution in [3.63, 3.8) is 0 Å². The number of anilines is 2. The summed E-state index contributed by atoms with van der Waals surface area (Å²) in [6.07, 6.45) is 1.64. The maximum atomic E-state index is 12.7. The fourth-order valence-corrected chi connectivity index (χ4v) is 4.40. The topological polar surface area (TPSA) is 89.5 Å². The SMILES string of the molecule is Cc1cccc(C)c1NS(=O)(=O)c1c(N)nc2sccn12. The summed E-state index contributed by atoms with van der Waals surface area (Å²) in [6.45, 7) is 3.70. The molecule has 21 heavy (non-hydrogen) atoms. The van der Waals surface area contributed by atoms with Crippen LogP contribution in [0, 0.1) is 13.8 Å². The van der Waals surface area contributed by atoms with Crippen LogP contribution >= 0.6 is 11.3 Å². The third-order valence-corrected chi connectivity index (χ3v) is 5.36. The lowest BCUT2D eigenvalue weighted by molar-refractivity contribution is 0.597. The Labute approximate surface area is 126 Å². The zero-order valence-electron chi connectivity index (χ0n) is 11.5. The number of benzene rings is 1. The number of aryl methyl sites for hydroxylation is 2. The number of fused-ring (bicyclic) bond motifs is 1. The van der Waals surface area contributed by atoms with Crippen LogP contribution in [0.2, 0.25) is 0 Å². The van der Waals surface area contributed by atoms with E-state index < -0.39 is 10.0 Å². The maximum Gasteiger partial charge on any atom is 0.281 e. The van der Waals surface area contributed by atoms with E-state index in [2.05, 4.69) is 9.71 Å². The third-order valence-electron chi connectivity index (χ3n) is 3.22. The molecule has 3 aromatic rings. The minimum Gasteiger partial charge on any atom is -0.381 e. The van der Waals surface area contributed by atoms with Crippen molar-refractivity contribution in [3.8, 4) is 0 Å². The Morgan fingerprint density at radius 3 is 2.62 bits per heavy atom. The van der Waals surface area contributed by atoms with Gasteiger partial charge in [0.15, 0.2) is 10.8 Å². The summed E-state index contributed by atoms with van der Waals surface area (Å²) in [5.74, 6) is 0.000544. The second-order valence-electron chi connectivity index (χ2n) is 4.73. The molecule has 0 atom stereocenters. The lowest BCUT2D eigenvalue weighted by Crippen LogP contribution is -2.17. The van der Waals surface area contributed by atoms with Crippen LogP contribution in [0.4, 0.5) is 11.5 Å². The molecule has 0 radical (unpaired) electrons. The molecule has 0 aliphatic rings. The molecule has 3 N–H and O–H groups in total. The van der Waals surface area contributed by atoms with Gasteiger partial charge in [-0.2, -0.15) is 8.42 Å². The Balaban J connectivity index is 2.13. The Kier molecular flexibility index (Phi) is 3.14. The molecule has 0 saturated heterocycles. The van der Waals surface area contributed by atoms with Crippen LogP contribution in [0.15, 0.2) is 34.8 Å². The molecular weight excluding hydrogens is 308 g/mol. The Bertz CT molecular complexity index is 905. The second kappa shape index (κ2) is 4.74. The first-order valence-electron chi connectivity index (χ1n) is 6.20. The van der Waals surface area contributed by atoms with E-state index in [1.807, 2.05) is 32.0 Å². The quantitative estimate of drug-likeness (QED) is 0.775. The first kappa shape index (κ1) is 13.9. The van der Waals surface area contributed by atoms with Crippen LogP contribution in [-0.4, -0.2) is 17.8 Å². The zero-order valence-corrected chi connectivity index (χ0v) is 13.1. The van der Waals surface area contributed by atoms with Gasteiger partial charge in [-0.25, -0.2) is 4.98 Å². The van der Waals surface area contributed by atoms with Crippen LogP contribution in [0.1, 0.15) is 11.1 Å². The molecule has 6 nitrogen and oxygen atoms in total. The van der Waals surface area contributed by atoms with Crippen molar-refractivity contribution in [2.45, 2.75) is 18.9 Å². The van der Waals surface area contributed by atoms with Gasteiger partial charge in [-0.1, -0.05) is 18.2 Å². The molecule has 0 fully saturated rings. The van der Waals surface area contributed by atoms with Gasteiger partial charge in [-0.05, 0) is 25.0 Å². The summed E-state index contributed by atoms with van der Waals surface area (Å²) in [5.41, 5.74) is 8.04. The molecule has 2 aromatic heterocycles. The molecule has 0 aliphatic heterocycles. The number of nitrogen functional groups attached to an aromatic ring is 1. The number of hydrogen-bond donors (Lipinski definition) is 2. The lowest BCUT2D eigenvalue weighted by atomic mass is 10.1. The van der Waals surface area contributed by atoms with E-state index in [0.29, 0.717) is 10.6 Å². The number of sulfonamides is 1. The monoisotopic (exact) mass is 322 g/mol. The smallest absolute Gasteiger partial charge is 0.281 e. The minimum atomic E-state index is -3.81. The molecule has 0 spiro atoms. The highest BCUT2D eigenvalue weighted by Gasteiger charge is 2.25. The number of nitrogens with zero attached hydrogens (tertiary/aromatic N) is 2. The number of rotatable bonds is 3. The van der Waals surface area contributed by atoms with Crippen molar-refractivity contribution < 1.29 is 8.42 Å². The summed E-state index contributed by atoms with van der Waals surface area (Å²) in [6, 6.07) is 5.59. The highest BCUT2D eigenvalue weighted by molar-refractivity contribution is 7.92. The van der Waals surface area contributed by atoms with Crippen LogP contribution < -0.4 is 10.5 Å². The summed E-state index contributed by atoms with van der Waals surface area (Å²) < 4.78 is 29.4. The van der Waals surface area contributed by atoms with Crippen LogP contribution in [0.5, 0.6) is 0 Å². The number of imidazole rings is 1. The fraction of sp³-hybridized carbons (Fsp3) is 0.154. The molecular formula is C13H14N4O2S2. The molecule has 2 heterocycles. The molecule has 0 bridgehead atoms. The maximum absolute atomic E-state index is 12.7. The van der Waals surface area contributed by atoms with E-state index in [1.165, 1.54) is 15.7 Å². The van der Waals surface area contributed by atoms with Crippen molar-refractivity contribution in [1.29, 1.82) is 0 Å². The average Bonchev–Trinajstić information content (AvgIpc) is 2.93. The number of hydrogen-bond acceptors (Lipinski definition) is 5. The van der Waals surface area contributed by atoms with Gasteiger partial charge in [-0.3, -0.25) is 9.12 Å². The third kappa shape index (κ3) is 2.26. The highest BCUT2D eigenvalue weighted by atomic mass is 32.2. The summed E-state index contributed by atoms with van der Waals surface area (Å²) >= 11 is 1.33. The standard InChI is InChI=1S/C13H14N4O2S2/c1-8-4-3-5-9(2)10(8)16-21(18,19)12-11(14)15-13-17(12)6-7-20-13/h3-7,16H,14H2,1-2H3. The molecule has 110 valence electrons. The van der Waals surface area contributed by atoms with Gasteiger partial charge in [-0.15, -0.1) is 11.3 Å². The summed E-state index contributed by atoms with van der Waals surface area (Å²) in [4.78, 5) is 4.62. The van der Waals surface area contributed by atoms with Crippen molar-refractivity contribution >= 4 is 37.8 Å². The summed E-state index contributed by atoms with van der Waals surface area (Å²) in [7, 11) is -3.81. The van der Waals surface area contributed by atoms with Crippen molar-refractivity contribution in [2.24, 2.45) is 0 Å². The van der Waals surface area contributed by atoms with Gasteiger partial charge < -0.3 is 5.73 Å². The van der Waals surface area contributed by atoms with Gasteiger partial charge >= 0.3 is 0 Å². The predicted molar refractivity (Wildman–Crippen MR) is 84.2 cm³/mol. The van der Waals surface area contributed by atoms with E-state index in [9.17, 15) is 8.42 Å². The van der Waals surface area contributed by atoms with Crippen LogP contribution in [0.3, 0.4) is 0 Å². The molecule has 8 heteroatoms. The van der Waals surface area contributed by atoms with Crippen LogP contribution in [-0.2, 0) is 10.0 Å². The molecule has 0 saturated carbocycles. The normalized spacial score (nSPS) is 11.9. The van der Waals surface area contributed by atoms with E-state index in [4.69, 9.17) is 5.73 Å². The molecule has 0 unspecified atom stereocenters. The van der Waals surface area contributed by atoms with Gasteiger partial charge in [0, 0.05) is 11.6 Å². The van der Waals surface area contributed by atoms with Gasteiger partial charge in [0.25, 0.3) is 10.0 Å². The summed E-state index contributed by atoms with van der Waals surface area (Å²) in [5, 5.41) is 1.74.